The molecule has 3 N–H and O–H groups in total. The standard InChI is InChI=1S/C12H15F3N2OS/c13-12(14,15)19-10-5-3-9(4-6-10)8-17-7-1-2-11(16)18/h3-6,17H,1-2,7-8H2,(H2,16,18). The number of carbonyl (C=O) groups excluding carboxylic acids is 1. The lowest BCUT2D eigenvalue weighted by molar-refractivity contribution is -0.118. The molecule has 0 saturated heterocycles. The number of alkyl halides is 3. The van der Waals surface area contributed by atoms with Crippen LogP contribution in [0.5, 0.6) is 0 Å². The molecule has 0 aliphatic carbocycles. The Hall–Kier alpha value is -1.21. The minimum atomic E-state index is -4.26. The van der Waals surface area contributed by atoms with Gasteiger partial charge in [0.1, 0.15) is 0 Å². The van der Waals surface area contributed by atoms with Crippen molar-refractivity contribution >= 4 is 17.7 Å². The van der Waals surface area contributed by atoms with E-state index in [1.54, 1.807) is 12.1 Å². The van der Waals surface area contributed by atoms with Crippen LogP contribution < -0.4 is 11.1 Å². The molecule has 0 aromatic heterocycles. The van der Waals surface area contributed by atoms with Crippen LogP contribution in [0.4, 0.5) is 13.2 Å². The summed E-state index contributed by atoms with van der Waals surface area (Å²) in [6.07, 6.45) is 0.978. The third-order valence-electron chi connectivity index (χ3n) is 2.26. The maximum Gasteiger partial charge on any atom is 0.446 e. The zero-order valence-electron chi connectivity index (χ0n) is 10.2. The lowest BCUT2D eigenvalue weighted by Crippen LogP contribution is -2.18. The van der Waals surface area contributed by atoms with E-state index in [-0.39, 0.29) is 22.6 Å². The van der Waals surface area contributed by atoms with E-state index in [9.17, 15) is 18.0 Å². The molecule has 0 radical (unpaired) electrons. The molecule has 0 atom stereocenters. The van der Waals surface area contributed by atoms with Crippen molar-refractivity contribution in [3.8, 4) is 0 Å². The highest BCUT2D eigenvalue weighted by molar-refractivity contribution is 8.00. The molecule has 1 aromatic rings. The van der Waals surface area contributed by atoms with Gasteiger partial charge in [0.05, 0.1) is 0 Å². The zero-order chi connectivity index (χ0) is 14.3. The van der Waals surface area contributed by atoms with Gasteiger partial charge in [0, 0.05) is 17.9 Å². The molecule has 1 amide bonds. The van der Waals surface area contributed by atoms with Crippen molar-refractivity contribution in [2.45, 2.75) is 29.8 Å². The number of thioether (sulfide) groups is 1. The molecule has 19 heavy (non-hydrogen) atoms. The average molecular weight is 292 g/mol. The fourth-order valence-corrected chi connectivity index (χ4v) is 1.97. The van der Waals surface area contributed by atoms with Crippen LogP contribution >= 0.6 is 11.8 Å². The van der Waals surface area contributed by atoms with E-state index in [1.165, 1.54) is 12.1 Å². The molecule has 0 aliphatic heterocycles. The van der Waals surface area contributed by atoms with Gasteiger partial charge in [-0.05, 0) is 42.4 Å². The highest BCUT2D eigenvalue weighted by Gasteiger charge is 2.28. The fourth-order valence-electron chi connectivity index (χ4n) is 1.43. The summed E-state index contributed by atoms with van der Waals surface area (Å²) in [5.74, 6) is -0.338. The number of halogens is 3. The number of rotatable bonds is 7. The summed E-state index contributed by atoms with van der Waals surface area (Å²) in [6, 6.07) is 6.18. The van der Waals surface area contributed by atoms with Crippen LogP contribution in [0.25, 0.3) is 0 Å². The molecule has 0 heterocycles. The summed E-state index contributed by atoms with van der Waals surface area (Å²) >= 11 is -0.127. The third kappa shape index (κ3) is 7.74. The quantitative estimate of drug-likeness (QED) is 0.600. The number of benzene rings is 1. The predicted octanol–water partition coefficient (Wildman–Crippen LogP) is 2.65. The Kier molecular flexibility index (Phi) is 6.17. The number of primary amides is 1. The Bertz CT molecular complexity index is 406. The molecule has 0 bridgehead atoms. The normalized spacial score (nSPS) is 11.5. The molecule has 1 rings (SSSR count). The first-order chi connectivity index (χ1) is 8.87. The van der Waals surface area contributed by atoms with Gasteiger partial charge in [-0.2, -0.15) is 13.2 Å². The Morgan fingerprint density at radius 2 is 1.89 bits per heavy atom. The van der Waals surface area contributed by atoms with Crippen molar-refractivity contribution in [2.24, 2.45) is 5.73 Å². The van der Waals surface area contributed by atoms with E-state index < -0.39 is 5.51 Å². The molecular formula is C12H15F3N2OS. The number of nitrogens with one attached hydrogen (secondary N) is 1. The number of nitrogens with two attached hydrogens (primary N) is 1. The molecule has 3 nitrogen and oxygen atoms in total. The molecule has 0 aliphatic rings. The van der Waals surface area contributed by atoms with E-state index >= 15 is 0 Å². The van der Waals surface area contributed by atoms with Crippen LogP contribution in [-0.4, -0.2) is 18.0 Å². The van der Waals surface area contributed by atoms with Crippen LogP contribution in [0.2, 0.25) is 0 Å². The highest BCUT2D eigenvalue weighted by Crippen LogP contribution is 2.36. The SMILES string of the molecule is NC(=O)CCCNCc1ccc(SC(F)(F)F)cc1. The van der Waals surface area contributed by atoms with Crippen LogP contribution in [-0.2, 0) is 11.3 Å². The van der Waals surface area contributed by atoms with E-state index in [1.807, 2.05) is 0 Å². The van der Waals surface area contributed by atoms with E-state index in [4.69, 9.17) is 5.73 Å². The molecule has 1 aromatic carbocycles. The van der Waals surface area contributed by atoms with E-state index in [0.29, 0.717) is 25.9 Å². The second-order valence-corrected chi connectivity index (χ2v) is 5.08. The Morgan fingerprint density at radius 3 is 2.42 bits per heavy atom. The monoisotopic (exact) mass is 292 g/mol. The van der Waals surface area contributed by atoms with Gasteiger partial charge in [0.25, 0.3) is 0 Å². The average Bonchev–Trinajstić information content (AvgIpc) is 2.28. The molecular weight excluding hydrogens is 277 g/mol. The molecule has 7 heteroatoms. The second-order valence-electron chi connectivity index (χ2n) is 3.94. The summed E-state index contributed by atoms with van der Waals surface area (Å²) in [6.45, 7) is 1.19. The van der Waals surface area contributed by atoms with Crippen LogP contribution in [0.3, 0.4) is 0 Å². The maximum absolute atomic E-state index is 12.1. The van der Waals surface area contributed by atoms with Gasteiger partial charge in [-0.3, -0.25) is 4.79 Å². The van der Waals surface area contributed by atoms with Gasteiger partial charge >= 0.3 is 5.51 Å². The lowest BCUT2D eigenvalue weighted by atomic mass is 10.2. The fraction of sp³-hybridized carbons (Fsp3) is 0.417. The van der Waals surface area contributed by atoms with Crippen LogP contribution in [0.1, 0.15) is 18.4 Å². The number of amides is 1. The topological polar surface area (TPSA) is 55.1 Å². The van der Waals surface area contributed by atoms with Crippen molar-refractivity contribution in [1.29, 1.82) is 0 Å². The first-order valence-corrected chi connectivity index (χ1v) is 6.52. The van der Waals surface area contributed by atoms with E-state index in [2.05, 4.69) is 5.32 Å². The number of hydrogen-bond acceptors (Lipinski definition) is 3. The summed E-state index contributed by atoms with van der Waals surface area (Å²) in [7, 11) is 0. The van der Waals surface area contributed by atoms with Crippen molar-refractivity contribution in [1.82, 2.24) is 5.32 Å². The smallest absolute Gasteiger partial charge is 0.370 e. The number of carbonyl (C=O) groups is 1. The van der Waals surface area contributed by atoms with Gasteiger partial charge in [0.2, 0.25) is 5.91 Å². The summed E-state index contributed by atoms with van der Waals surface area (Å²) < 4.78 is 36.3. The van der Waals surface area contributed by atoms with Crippen molar-refractivity contribution in [2.75, 3.05) is 6.54 Å². The van der Waals surface area contributed by atoms with Crippen LogP contribution in [0.15, 0.2) is 29.2 Å². The molecule has 0 saturated carbocycles. The van der Waals surface area contributed by atoms with Gasteiger partial charge < -0.3 is 11.1 Å². The van der Waals surface area contributed by atoms with Gasteiger partial charge in [-0.1, -0.05) is 12.1 Å². The minimum Gasteiger partial charge on any atom is -0.370 e. The molecule has 0 unspecified atom stereocenters. The molecule has 106 valence electrons. The number of hydrogen-bond donors (Lipinski definition) is 2. The third-order valence-corrected chi connectivity index (χ3v) is 3.00. The van der Waals surface area contributed by atoms with Gasteiger partial charge in [-0.15, -0.1) is 0 Å². The first-order valence-electron chi connectivity index (χ1n) is 5.70. The van der Waals surface area contributed by atoms with Gasteiger partial charge in [-0.25, -0.2) is 0 Å². The summed E-state index contributed by atoms with van der Waals surface area (Å²) in [4.78, 5) is 10.7. The predicted molar refractivity (Wildman–Crippen MR) is 68.5 cm³/mol. The van der Waals surface area contributed by atoms with Crippen molar-refractivity contribution in [3.05, 3.63) is 29.8 Å². The first kappa shape index (κ1) is 15.8. The Labute approximate surface area is 113 Å². The van der Waals surface area contributed by atoms with Crippen molar-refractivity contribution < 1.29 is 18.0 Å². The summed E-state index contributed by atoms with van der Waals surface area (Å²) in [5.41, 5.74) is 1.63. The summed E-state index contributed by atoms with van der Waals surface area (Å²) in [5, 5.41) is 3.09. The van der Waals surface area contributed by atoms with Crippen molar-refractivity contribution in [3.63, 3.8) is 0 Å². The largest absolute Gasteiger partial charge is 0.446 e. The maximum atomic E-state index is 12.1. The minimum absolute atomic E-state index is 0.127. The zero-order valence-corrected chi connectivity index (χ0v) is 11.0. The lowest BCUT2D eigenvalue weighted by Gasteiger charge is -2.07. The van der Waals surface area contributed by atoms with E-state index in [0.717, 1.165) is 5.56 Å². The highest BCUT2D eigenvalue weighted by atomic mass is 32.2. The molecule has 0 fully saturated rings. The molecule has 0 spiro atoms. The Balaban J connectivity index is 2.30. The van der Waals surface area contributed by atoms with Crippen LogP contribution in [0, 0.1) is 0 Å². The van der Waals surface area contributed by atoms with Gasteiger partial charge in [0.15, 0.2) is 0 Å². The second kappa shape index (κ2) is 7.40. The Morgan fingerprint density at radius 1 is 1.26 bits per heavy atom.